The quantitative estimate of drug-likeness (QED) is 0.661. The number of hydrogen-bond acceptors (Lipinski definition) is 3. The normalized spacial score (nSPS) is 40.6. The maximum absolute atomic E-state index is 12.1. The molecule has 1 heterocycles. The van der Waals surface area contributed by atoms with Crippen LogP contribution in [0.25, 0.3) is 0 Å². The van der Waals surface area contributed by atoms with Crippen molar-refractivity contribution in [2.45, 2.75) is 45.3 Å². The first-order valence-electron chi connectivity index (χ1n) is 6.29. The van der Waals surface area contributed by atoms with Crippen LogP contribution in [0, 0.1) is 5.41 Å². The molecule has 0 bridgehead atoms. The van der Waals surface area contributed by atoms with Crippen molar-refractivity contribution in [3.8, 4) is 0 Å². The summed E-state index contributed by atoms with van der Waals surface area (Å²) in [6, 6.07) is 0. The fraction of sp³-hybridized carbons (Fsp3) is 0.923. The van der Waals surface area contributed by atoms with Crippen LogP contribution in [0.4, 0.5) is 4.79 Å². The molecular formula is C13H24NO3+. The van der Waals surface area contributed by atoms with Gasteiger partial charge in [0.25, 0.3) is 0 Å². The molecule has 4 heteroatoms. The molecule has 0 aromatic heterocycles. The lowest BCUT2D eigenvalue weighted by molar-refractivity contribution is -0.906. The van der Waals surface area contributed by atoms with Crippen LogP contribution in [0.5, 0.6) is 0 Å². The zero-order valence-corrected chi connectivity index (χ0v) is 11.6. The van der Waals surface area contributed by atoms with Crippen molar-refractivity contribution in [1.82, 2.24) is 0 Å². The van der Waals surface area contributed by atoms with Crippen LogP contribution in [-0.4, -0.2) is 49.5 Å². The Balaban J connectivity index is 1.87. The van der Waals surface area contributed by atoms with E-state index in [-0.39, 0.29) is 6.09 Å². The van der Waals surface area contributed by atoms with E-state index in [1.165, 1.54) is 0 Å². The number of methoxy groups -OCH3 is 1. The van der Waals surface area contributed by atoms with Gasteiger partial charge in [-0.25, -0.2) is 4.48 Å². The highest BCUT2D eigenvalue weighted by molar-refractivity contribution is 5.61. The lowest BCUT2D eigenvalue weighted by atomic mass is 9.61. The van der Waals surface area contributed by atoms with Gasteiger partial charge in [0.15, 0.2) is 0 Å². The number of amides is 1. The van der Waals surface area contributed by atoms with Crippen molar-refractivity contribution in [3.05, 3.63) is 0 Å². The molecule has 2 rings (SSSR count). The Hall–Kier alpha value is -0.610. The van der Waals surface area contributed by atoms with Gasteiger partial charge >= 0.3 is 6.09 Å². The summed E-state index contributed by atoms with van der Waals surface area (Å²) in [7, 11) is 3.73. The molecule has 1 saturated carbocycles. The molecule has 2 aliphatic rings. The topological polar surface area (TPSA) is 35.5 Å². The molecule has 98 valence electrons. The van der Waals surface area contributed by atoms with Gasteiger partial charge in [-0.15, -0.1) is 0 Å². The predicted octanol–water partition coefficient (Wildman–Crippen LogP) is 2.18. The summed E-state index contributed by atoms with van der Waals surface area (Å²) in [5.74, 6) is 0. The van der Waals surface area contributed by atoms with Gasteiger partial charge in [-0.05, 0) is 33.6 Å². The molecule has 1 saturated heterocycles. The first kappa shape index (κ1) is 12.8. The van der Waals surface area contributed by atoms with E-state index in [9.17, 15) is 4.79 Å². The van der Waals surface area contributed by atoms with Crippen molar-refractivity contribution in [2.24, 2.45) is 5.41 Å². The van der Waals surface area contributed by atoms with E-state index >= 15 is 0 Å². The minimum absolute atomic E-state index is 0.0935. The molecule has 1 aliphatic heterocycles. The number of rotatable bonds is 1. The zero-order valence-electron chi connectivity index (χ0n) is 11.6. The summed E-state index contributed by atoms with van der Waals surface area (Å²) in [6.45, 7) is 7.55. The van der Waals surface area contributed by atoms with Crippen LogP contribution >= 0.6 is 0 Å². The Morgan fingerprint density at radius 3 is 2.24 bits per heavy atom. The zero-order chi connectivity index (χ0) is 12.9. The summed E-state index contributed by atoms with van der Waals surface area (Å²) in [6.07, 6.45) is 2.51. The lowest BCUT2D eigenvalue weighted by Crippen LogP contribution is -2.74. The molecule has 17 heavy (non-hydrogen) atoms. The van der Waals surface area contributed by atoms with Gasteiger partial charge in [0, 0.05) is 7.11 Å². The maximum Gasteiger partial charge on any atom is 0.516 e. The molecule has 0 unspecified atom stereocenters. The molecule has 1 aliphatic carbocycles. The van der Waals surface area contributed by atoms with Crippen LogP contribution in [-0.2, 0) is 9.47 Å². The largest absolute Gasteiger partial charge is 0.516 e. The second-order valence-corrected chi connectivity index (χ2v) is 6.96. The maximum atomic E-state index is 12.1. The van der Waals surface area contributed by atoms with Crippen molar-refractivity contribution in [1.29, 1.82) is 0 Å². The smallest absolute Gasteiger partial charge is 0.414 e. The molecule has 1 spiro atoms. The van der Waals surface area contributed by atoms with Gasteiger partial charge in [0.2, 0.25) is 0 Å². The highest BCUT2D eigenvalue weighted by Crippen LogP contribution is 2.52. The fourth-order valence-corrected chi connectivity index (χ4v) is 3.27. The van der Waals surface area contributed by atoms with E-state index in [2.05, 4.69) is 0 Å². The lowest BCUT2D eigenvalue weighted by Gasteiger charge is -2.59. The Morgan fingerprint density at radius 1 is 1.29 bits per heavy atom. The second kappa shape index (κ2) is 3.69. The standard InChI is InChI=1S/C13H24NO3/c1-12(2,3)17-11(15)14(4)8-13(9-14)6-10(7-13)16-5/h10H,6-9H2,1-5H3/q+1. The van der Waals surface area contributed by atoms with Crippen molar-refractivity contribution in [3.63, 3.8) is 0 Å². The number of nitrogens with zero attached hydrogens (tertiary/aromatic N) is 1. The van der Waals surface area contributed by atoms with Crippen LogP contribution in [0.3, 0.4) is 0 Å². The molecule has 0 atom stereocenters. The molecule has 4 nitrogen and oxygen atoms in total. The van der Waals surface area contributed by atoms with E-state index in [0.717, 1.165) is 25.9 Å². The summed E-state index contributed by atoms with van der Waals surface area (Å²) < 4.78 is 11.2. The highest BCUT2D eigenvalue weighted by Gasteiger charge is 2.64. The first-order valence-corrected chi connectivity index (χ1v) is 6.29. The van der Waals surface area contributed by atoms with Gasteiger partial charge in [-0.2, -0.15) is 4.79 Å². The molecule has 0 radical (unpaired) electrons. The molecule has 0 N–H and O–H groups in total. The van der Waals surface area contributed by atoms with Crippen molar-refractivity contribution in [2.75, 3.05) is 27.2 Å². The van der Waals surface area contributed by atoms with E-state index in [4.69, 9.17) is 9.47 Å². The molecule has 0 aromatic carbocycles. The minimum atomic E-state index is -0.393. The van der Waals surface area contributed by atoms with Crippen LogP contribution < -0.4 is 0 Å². The average molecular weight is 242 g/mol. The summed E-state index contributed by atoms with van der Waals surface area (Å²) >= 11 is 0. The molecule has 0 aromatic rings. The van der Waals surface area contributed by atoms with Crippen molar-refractivity contribution >= 4 is 6.09 Å². The Labute approximate surface area is 103 Å². The Bertz CT molecular complexity index is 318. The Morgan fingerprint density at radius 2 is 1.82 bits per heavy atom. The van der Waals surface area contributed by atoms with Crippen LogP contribution in [0.1, 0.15) is 33.6 Å². The second-order valence-electron chi connectivity index (χ2n) is 6.96. The number of hydrogen-bond donors (Lipinski definition) is 0. The van der Waals surface area contributed by atoms with Crippen LogP contribution in [0.15, 0.2) is 0 Å². The number of likely N-dealkylation sites (tertiary alicyclic amines) is 1. The average Bonchev–Trinajstić information content (AvgIpc) is 2.05. The van der Waals surface area contributed by atoms with Gasteiger partial charge in [-0.3, -0.25) is 0 Å². The number of quaternary nitrogens is 1. The minimum Gasteiger partial charge on any atom is -0.414 e. The third kappa shape index (κ3) is 2.33. The van der Waals surface area contributed by atoms with Gasteiger partial charge < -0.3 is 9.47 Å². The SMILES string of the molecule is COC1CC2(C1)C[N+](C)(C(=O)OC(C)(C)C)C2. The summed E-state index contributed by atoms with van der Waals surface area (Å²) in [5.41, 5.74) is -0.0396. The third-order valence-electron chi connectivity index (χ3n) is 3.86. The van der Waals surface area contributed by atoms with Crippen molar-refractivity contribution < 1.29 is 18.8 Å². The van der Waals surface area contributed by atoms with E-state index in [1.807, 2.05) is 27.8 Å². The van der Waals surface area contributed by atoms with Gasteiger partial charge in [-0.1, -0.05) is 0 Å². The van der Waals surface area contributed by atoms with Gasteiger partial charge in [0.05, 0.1) is 31.7 Å². The fourth-order valence-electron chi connectivity index (χ4n) is 3.27. The van der Waals surface area contributed by atoms with E-state index in [1.54, 1.807) is 7.11 Å². The molecule has 1 amide bonds. The first-order chi connectivity index (χ1) is 7.68. The van der Waals surface area contributed by atoms with E-state index in [0.29, 0.717) is 16.0 Å². The van der Waals surface area contributed by atoms with Gasteiger partial charge in [0.1, 0.15) is 5.60 Å². The summed E-state index contributed by atoms with van der Waals surface area (Å²) in [4.78, 5) is 12.1. The van der Waals surface area contributed by atoms with E-state index < -0.39 is 5.60 Å². The number of carbonyl (C=O) groups excluding carboxylic acids is 1. The predicted molar refractivity (Wildman–Crippen MR) is 64.6 cm³/mol. The highest BCUT2D eigenvalue weighted by atomic mass is 16.6. The Kier molecular flexibility index (Phi) is 2.79. The number of ether oxygens (including phenoxy) is 2. The number of carbonyl (C=O) groups is 1. The molecule has 2 fully saturated rings. The monoisotopic (exact) mass is 242 g/mol. The van der Waals surface area contributed by atoms with Crippen LogP contribution in [0.2, 0.25) is 0 Å². The molecular weight excluding hydrogens is 218 g/mol. The third-order valence-corrected chi connectivity index (χ3v) is 3.86. The summed E-state index contributed by atoms with van der Waals surface area (Å²) in [5, 5.41) is 0.